The summed E-state index contributed by atoms with van der Waals surface area (Å²) in [6.07, 6.45) is 3.15. The highest BCUT2D eigenvalue weighted by Crippen LogP contribution is 2.31. The van der Waals surface area contributed by atoms with E-state index < -0.39 is 5.63 Å². The van der Waals surface area contributed by atoms with Crippen LogP contribution in [0.5, 0.6) is 0 Å². The van der Waals surface area contributed by atoms with Crippen molar-refractivity contribution in [3.63, 3.8) is 0 Å². The third kappa shape index (κ3) is 4.51. The summed E-state index contributed by atoms with van der Waals surface area (Å²) in [7, 11) is 0. The lowest BCUT2D eigenvalue weighted by atomic mass is 10.0. The Morgan fingerprint density at radius 2 is 1.83 bits per heavy atom. The lowest BCUT2D eigenvalue weighted by Gasteiger charge is -2.16. The van der Waals surface area contributed by atoms with Crippen LogP contribution in [-0.2, 0) is 11.2 Å². The maximum absolute atomic E-state index is 12.5. The number of rotatable bonds is 8. The molecule has 1 atom stereocenters. The molecular formula is C22H27NO5S. The van der Waals surface area contributed by atoms with Crippen LogP contribution < -0.4 is 10.9 Å². The molecule has 3 aromatic rings. The standard InChI is InChI=1S/C22H27NO5S/c1-12-14(3)27-19-10-20-18(9-17(12)19)13(2)16(22(26)28-20)5-6-21(25)23-15(11-24)7-8-29-4/h9-10,15,24H,5-8,11H2,1-4H3,(H,23,25)/t15-/m0/s1. The van der Waals surface area contributed by atoms with Crippen molar-refractivity contribution < 1.29 is 18.7 Å². The summed E-state index contributed by atoms with van der Waals surface area (Å²) in [6, 6.07) is 3.49. The molecule has 6 nitrogen and oxygen atoms in total. The average Bonchev–Trinajstić information content (AvgIpc) is 2.96. The number of aliphatic hydroxyl groups is 1. The van der Waals surface area contributed by atoms with Gasteiger partial charge in [0.05, 0.1) is 12.6 Å². The first-order valence-corrected chi connectivity index (χ1v) is 11.1. The van der Waals surface area contributed by atoms with Crippen LogP contribution in [0.4, 0.5) is 0 Å². The normalized spacial score (nSPS) is 12.6. The predicted molar refractivity (Wildman–Crippen MR) is 117 cm³/mol. The van der Waals surface area contributed by atoms with Crippen molar-refractivity contribution in [3.05, 3.63) is 45.0 Å². The molecule has 0 saturated carbocycles. The molecule has 29 heavy (non-hydrogen) atoms. The summed E-state index contributed by atoms with van der Waals surface area (Å²) in [6.45, 7) is 5.70. The molecule has 0 unspecified atom stereocenters. The Kier molecular flexibility index (Phi) is 6.70. The van der Waals surface area contributed by atoms with Crippen LogP contribution in [0, 0.1) is 20.8 Å². The minimum absolute atomic E-state index is 0.0943. The molecule has 0 radical (unpaired) electrons. The van der Waals surface area contributed by atoms with Gasteiger partial charge in [0, 0.05) is 28.8 Å². The Labute approximate surface area is 173 Å². The number of amides is 1. The molecule has 2 N–H and O–H groups in total. The third-order valence-corrected chi connectivity index (χ3v) is 6.08. The molecule has 0 aliphatic heterocycles. The van der Waals surface area contributed by atoms with Crippen LogP contribution in [0.25, 0.3) is 21.9 Å². The lowest BCUT2D eigenvalue weighted by molar-refractivity contribution is -0.122. The number of aliphatic hydroxyl groups excluding tert-OH is 1. The first-order valence-electron chi connectivity index (χ1n) is 9.70. The Bertz CT molecular complexity index is 1100. The fraction of sp³-hybridized carbons (Fsp3) is 0.455. The van der Waals surface area contributed by atoms with Gasteiger partial charge in [0.2, 0.25) is 5.91 Å². The highest BCUT2D eigenvalue weighted by atomic mass is 32.2. The van der Waals surface area contributed by atoms with Gasteiger partial charge in [0.1, 0.15) is 16.9 Å². The van der Waals surface area contributed by atoms with E-state index in [1.165, 1.54) is 0 Å². The van der Waals surface area contributed by atoms with Crippen molar-refractivity contribution in [2.75, 3.05) is 18.6 Å². The van der Waals surface area contributed by atoms with Crippen LogP contribution in [-0.4, -0.2) is 35.7 Å². The Hall–Kier alpha value is -2.25. The molecule has 0 bridgehead atoms. The molecule has 0 spiro atoms. The van der Waals surface area contributed by atoms with Gasteiger partial charge in [-0.1, -0.05) is 0 Å². The molecule has 0 aliphatic rings. The lowest BCUT2D eigenvalue weighted by Crippen LogP contribution is -2.38. The van der Waals surface area contributed by atoms with Gasteiger partial charge in [0.15, 0.2) is 0 Å². The van der Waals surface area contributed by atoms with Crippen molar-refractivity contribution in [2.24, 2.45) is 0 Å². The third-order valence-electron chi connectivity index (χ3n) is 5.44. The highest BCUT2D eigenvalue weighted by molar-refractivity contribution is 7.98. The van der Waals surface area contributed by atoms with Crippen molar-refractivity contribution in [1.29, 1.82) is 0 Å². The summed E-state index contributed by atoms with van der Waals surface area (Å²) >= 11 is 1.67. The Morgan fingerprint density at radius 3 is 2.52 bits per heavy atom. The van der Waals surface area contributed by atoms with Crippen LogP contribution in [0.2, 0.25) is 0 Å². The van der Waals surface area contributed by atoms with E-state index >= 15 is 0 Å². The monoisotopic (exact) mass is 417 g/mol. The molecule has 1 amide bonds. The summed E-state index contributed by atoms with van der Waals surface area (Å²) < 4.78 is 11.3. The van der Waals surface area contributed by atoms with Crippen LogP contribution in [0.3, 0.4) is 0 Å². The van der Waals surface area contributed by atoms with Gasteiger partial charge >= 0.3 is 5.63 Å². The number of benzene rings is 1. The first kappa shape index (κ1) is 21.5. The van der Waals surface area contributed by atoms with Crippen molar-refractivity contribution in [3.8, 4) is 0 Å². The number of hydrogen-bond donors (Lipinski definition) is 2. The molecule has 2 aromatic heterocycles. The van der Waals surface area contributed by atoms with Crippen molar-refractivity contribution in [1.82, 2.24) is 5.32 Å². The molecule has 0 aliphatic carbocycles. The maximum atomic E-state index is 12.5. The zero-order valence-electron chi connectivity index (χ0n) is 17.3. The van der Waals surface area contributed by atoms with Gasteiger partial charge in [-0.05, 0) is 62.8 Å². The minimum Gasteiger partial charge on any atom is -0.461 e. The number of thioether (sulfide) groups is 1. The van der Waals surface area contributed by atoms with Crippen molar-refractivity contribution >= 4 is 39.6 Å². The smallest absolute Gasteiger partial charge is 0.339 e. The van der Waals surface area contributed by atoms with Gasteiger partial charge in [-0.25, -0.2) is 4.79 Å². The minimum atomic E-state index is -0.428. The predicted octanol–water partition coefficient (Wildman–Crippen LogP) is 3.63. The second-order valence-corrected chi connectivity index (χ2v) is 8.33. The van der Waals surface area contributed by atoms with Crippen LogP contribution in [0.15, 0.2) is 25.8 Å². The number of nitrogens with one attached hydrogen (secondary N) is 1. The van der Waals surface area contributed by atoms with E-state index in [9.17, 15) is 14.7 Å². The first-order chi connectivity index (χ1) is 13.8. The highest BCUT2D eigenvalue weighted by Gasteiger charge is 2.17. The van der Waals surface area contributed by atoms with E-state index in [4.69, 9.17) is 8.83 Å². The number of furan rings is 1. The van der Waals surface area contributed by atoms with Gasteiger partial charge in [0.25, 0.3) is 0 Å². The topological polar surface area (TPSA) is 92.7 Å². The summed E-state index contributed by atoms with van der Waals surface area (Å²) in [4.78, 5) is 24.8. The van der Waals surface area contributed by atoms with E-state index in [0.29, 0.717) is 23.2 Å². The number of hydrogen-bond acceptors (Lipinski definition) is 6. The zero-order valence-corrected chi connectivity index (χ0v) is 18.1. The van der Waals surface area contributed by atoms with Gasteiger partial charge < -0.3 is 19.3 Å². The summed E-state index contributed by atoms with van der Waals surface area (Å²) in [5.41, 5.74) is 3.15. The van der Waals surface area contributed by atoms with Crippen LogP contribution >= 0.6 is 11.8 Å². The SMILES string of the molecule is CSCC[C@@H](CO)NC(=O)CCc1c(C)c2cc3c(C)c(C)oc3cc2oc1=O. The number of carbonyl (C=O) groups is 1. The Morgan fingerprint density at radius 1 is 1.14 bits per heavy atom. The number of carbonyl (C=O) groups excluding carboxylic acids is 1. The fourth-order valence-corrected chi connectivity index (χ4v) is 4.04. The molecule has 2 heterocycles. The molecule has 0 saturated heterocycles. The van der Waals surface area contributed by atoms with E-state index in [-0.39, 0.29) is 31.4 Å². The zero-order chi connectivity index (χ0) is 21.1. The molecule has 0 fully saturated rings. The number of aryl methyl sites for hydroxylation is 3. The van der Waals surface area contributed by atoms with E-state index in [1.54, 1.807) is 17.8 Å². The molecule has 1 aromatic carbocycles. The molecule has 7 heteroatoms. The summed E-state index contributed by atoms with van der Waals surface area (Å²) in [5, 5.41) is 14.1. The van der Waals surface area contributed by atoms with Crippen molar-refractivity contribution in [2.45, 2.75) is 46.1 Å². The Balaban J connectivity index is 1.84. The fourth-order valence-electron chi connectivity index (χ4n) is 3.52. The van der Waals surface area contributed by atoms with Gasteiger partial charge in [-0.2, -0.15) is 11.8 Å². The number of fused-ring (bicyclic) bond motifs is 2. The van der Waals surface area contributed by atoms with Gasteiger partial charge in [-0.15, -0.1) is 0 Å². The second-order valence-electron chi connectivity index (χ2n) is 7.35. The van der Waals surface area contributed by atoms with E-state index in [2.05, 4.69) is 5.32 Å². The average molecular weight is 418 g/mol. The maximum Gasteiger partial charge on any atom is 0.339 e. The molecule has 3 rings (SSSR count). The van der Waals surface area contributed by atoms with Gasteiger partial charge in [-0.3, -0.25) is 4.79 Å². The summed E-state index contributed by atoms with van der Waals surface area (Å²) in [5.74, 6) is 1.52. The quantitative estimate of drug-likeness (QED) is 0.544. The molecular weight excluding hydrogens is 390 g/mol. The largest absolute Gasteiger partial charge is 0.461 e. The molecule has 156 valence electrons. The van der Waals surface area contributed by atoms with E-state index in [1.807, 2.05) is 33.1 Å². The second kappa shape index (κ2) is 9.05. The van der Waals surface area contributed by atoms with Crippen LogP contribution in [0.1, 0.15) is 35.3 Å². The van der Waals surface area contributed by atoms with E-state index in [0.717, 1.165) is 33.4 Å².